The monoisotopic (exact) mass is 266 g/mol. The Balaban J connectivity index is 0.00000108. The van der Waals surface area contributed by atoms with Crippen molar-refractivity contribution in [2.45, 2.75) is 0 Å². The molecule has 2 aromatic heterocycles. The number of benzene rings is 1. The summed E-state index contributed by atoms with van der Waals surface area (Å²) in [7, 11) is 0. The number of hydrogen-bond acceptors (Lipinski definition) is 3. The standard InChI is InChI=1S/C11H7ClN4.ClH/c12-10-8-2-1-7(11-13-3-4-14-11)5-9(8)15-6-16-10;/h1-6H,(H,13,14);1H. The van der Waals surface area contributed by atoms with E-state index in [1.54, 1.807) is 12.4 Å². The minimum atomic E-state index is 0. The van der Waals surface area contributed by atoms with Crippen LogP contribution in [0.3, 0.4) is 0 Å². The molecule has 0 aliphatic rings. The number of imidazole rings is 1. The number of nitrogens with one attached hydrogen (secondary N) is 1. The molecule has 0 aliphatic carbocycles. The third-order valence-electron chi connectivity index (χ3n) is 2.36. The van der Waals surface area contributed by atoms with E-state index in [2.05, 4.69) is 19.9 Å². The van der Waals surface area contributed by atoms with Crippen LogP contribution in [-0.2, 0) is 0 Å². The zero-order valence-electron chi connectivity index (χ0n) is 8.59. The van der Waals surface area contributed by atoms with Crippen LogP contribution in [0.1, 0.15) is 0 Å². The Bertz CT molecular complexity index is 637. The van der Waals surface area contributed by atoms with Crippen LogP contribution < -0.4 is 0 Å². The first-order valence-corrected chi connectivity index (χ1v) is 5.12. The molecule has 0 aliphatic heterocycles. The van der Waals surface area contributed by atoms with E-state index in [0.717, 1.165) is 22.3 Å². The molecule has 4 nitrogen and oxygen atoms in total. The van der Waals surface area contributed by atoms with Gasteiger partial charge >= 0.3 is 0 Å². The molecule has 0 saturated heterocycles. The molecule has 3 rings (SSSR count). The number of fused-ring (bicyclic) bond motifs is 1. The normalized spacial score (nSPS) is 10.2. The molecule has 86 valence electrons. The average molecular weight is 267 g/mol. The second kappa shape index (κ2) is 4.69. The van der Waals surface area contributed by atoms with Gasteiger partial charge in [0, 0.05) is 23.3 Å². The Kier molecular flexibility index (Phi) is 3.26. The molecule has 1 aromatic carbocycles. The number of aromatic nitrogens is 4. The lowest BCUT2D eigenvalue weighted by Gasteiger charge is -2.01. The Hall–Kier alpha value is -1.65. The molecule has 17 heavy (non-hydrogen) atoms. The lowest BCUT2D eigenvalue weighted by molar-refractivity contribution is 1.22. The van der Waals surface area contributed by atoms with Gasteiger partial charge in [0.2, 0.25) is 0 Å². The van der Waals surface area contributed by atoms with Crippen LogP contribution in [0.2, 0.25) is 5.15 Å². The molecule has 0 radical (unpaired) electrons. The maximum atomic E-state index is 5.96. The molecular formula is C11H8Cl2N4. The summed E-state index contributed by atoms with van der Waals surface area (Å²) in [5.41, 5.74) is 1.79. The SMILES string of the molecule is Cl.Clc1ncnc2cc(-c3ncc[nH]3)ccc12. The van der Waals surface area contributed by atoms with Gasteiger partial charge < -0.3 is 4.98 Å². The van der Waals surface area contributed by atoms with Crippen molar-refractivity contribution in [1.29, 1.82) is 0 Å². The van der Waals surface area contributed by atoms with E-state index in [1.807, 2.05) is 18.2 Å². The highest BCUT2D eigenvalue weighted by molar-refractivity contribution is 6.34. The number of halogens is 2. The van der Waals surface area contributed by atoms with Crippen LogP contribution in [0, 0.1) is 0 Å². The fourth-order valence-corrected chi connectivity index (χ4v) is 1.80. The number of hydrogen-bond donors (Lipinski definition) is 1. The maximum absolute atomic E-state index is 5.96. The largest absolute Gasteiger partial charge is 0.345 e. The second-order valence-electron chi connectivity index (χ2n) is 3.33. The van der Waals surface area contributed by atoms with Crippen molar-refractivity contribution >= 4 is 34.9 Å². The summed E-state index contributed by atoms with van der Waals surface area (Å²) in [5.74, 6) is 0.816. The van der Waals surface area contributed by atoms with E-state index in [-0.39, 0.29) is 12.4 Å². The van der Waals surface area contributed by atoms with Crippen molar-refractivity contribution in [2.75, 3.05) is 0 Å². The van der Waals surface area contributed by atoms with Gasteiger partial charge in [0.1, 0.15) is 17.3 Å². The summed E-state index contributed by atoms with van der Waals surface area (Å²) in [6.45, 7) is 0. The van der Waals surface area contributed by atoms with Gasteiger partial charge in [-0.15, -0.1) is 12.4 Å². The third kappa shape index (κ3) is 2.09. The van der Waals surface area contributed by atoms with Crippen molar-refractivity contribution in [2.24, 2.45) is 0 Å². The van der Waals surface area contributed by atoms with Crippen molar-refractivity contribution < 1.29 is 0 Å². The van der Waals surface area contributed by atoms with Gasteiger partial charge in [-0.25, -0.2) is 15.0 Å². The van der Waals surface area contributed by atoms with Crippen molar-refractivity contribution in [3.8, 4) is 11.4 Å². The van der Waals surface area contributed by atoms with Crippen LogP contribution in [-0.4, -0.2) is 19.9 Å². The number of H-pyrrole nitrogens is 1. The highest BCUT2D eigenvalue weighted by Gasteiger charge is 2.04. The zero-order valence-corrected chi connectivity index (χ0v) is 10.2. The molecule has 0 unspecified atom stereocenters. The number of rotatable bonds is 1. The maximum Gasteiger partial charge on any atom is 0.140 e. The van der Waals surface area contributed by atoms with Crippen molar-refractivity contribution in [3.05, 3.63) is 42.1 Å². The molecule has 1 N–H and O–H groups in total. The summed E-state index contributed by atoms with van der Waals surface area (Å²) in [6, 6.07) is 5.77. The van der Waals surface area contributed by atoms with Crippen molar-refractivity contribution in [3.63, 3.8) is 0 Å². The summed E-state index contributed by atoms with van der Waals surface area (Å²) in [5, 5.41) is 1.32. The van der Waals surface area contributed by atoms with Gasteiger partial charge in [-0.2, -0.15) is 0 Å². The molecule has 2 heterocycles. The summed E-state index contributed by atoms with van der Waals surface area (Å²) < 4.78 is 0. The lowest BCUT2D eigenvalue weighted by Crippen LogP contribution is -1.86. The van der Waals surface area contributed by atoms with Gasteiger partial charge in [-0.1, -0.05) is 17.7 Å². The Labute approximate surface area is 108 Å². The van der Waals surface area contributed by atoms with Gasteiger partial charge in [0.15, 0.2) is 0 Å². The summed E-state index contributed by atoms with van der Waals surface area (Å²) in [4.78, 5) is 15.3. The molecule has 0 atom stereocenters. The quantitative estimate of drug-likeness (QED) is 0.689. The first kappa shape index (κ1) is 11.8. The van der Waals surface area contributed by atoms with Crippen LogP contribution in [0.15, 0.2) is 36.9 Å². The van der Waals surface area contributed by atoms with E-state index in [4.69, 9.17) is 11.6 Å². The van der Waals surface area contributed by atoms with Gasteiger partial charge in [0.25, 0.3) is 0 Å². The first-order chi connectivity index (χ1) is 7.84. The molecule has 6 heteroatoms. The molecule has 0 amide bonds. The fraction of sp³-hybridized carbons (Fsp3) is 0. The summed E-state index contributed by atoms with van der Waals surface area (Å²) in [6.07, 6.45) is 4.95. The molecule has 0 saturated carbocycles. The van der Waals surface area contributed by atoms with Gasteiger partial charge in [0.05, 0.1) is 5.52 Å². The summed E-state index contributed by atoms with van der Waals surface area (Å²) >= 11 is 5.96. The zero-order chi connectivity index (χ0) is 11.0. The Morgan fingerprint density at radius 2 is 2.00 bits per heavy atom. The van der Waals surface area contributed by atoms with Crippen LogP contribution in [0.5, 0.6) is 0 Å². The number of nitrogens with zero attached hydrogens (tertiary/aromatic N) is 3. The van der Waals surface area contributed by atoms with E-state index in [0.29, 0.717) is 5.15 Å². The highest BCUT2D eigenvalue weighted by atomic mass is 35.5. The highest BCUT2D eigenvalue weighted by Crippen LogP contribution is 2.23. The van der Waals surface area contributed by atoms with E-state index in [9.17, 15) is 0 Å². The van der Waals surface area contributed by atoms with E-state index in [1.165, 1.54) is 6.33 Å². The van der Waals surface area contributed by atoms with E-state index < -0.39 is 0 Å². The van der Waals surface area contributed by atoms with Crippen molar-refractivity contribution in [1.82, 2.24) is 19.9 Å². The first-order valence-electron chi connectivity index (χ1n) is 4.74. The van der Waals surface area contributed by atoms with Crippen LogP contribution in [0.25, 0.3) is 22.3 Å². The van der Waals surface area contributed by atoms with Crippen LogP contribution >= 0.6 is 24.0 Å². The predicted octanol–water partition coefficient (Wildman–Crippen LogP) is 3.10. The molecular weight excluding hydrogens is 259 g/mol. The average Bonchev–Trinajstić information content (AvgIpc) is 2.82. The fourth-order valence-electron chi connectivity index (χ4n) is 1.59. The van der Waals surface area contributed by atoms with E-state index >= 15 is 0 Å². The third-order valence-corrected chi connectivity index (χ3v) is 2.66. The predicted molar refractivity (Wildman–Crippen MR) is 69.4 cm³/mol. The Morgan fingerprint density at radius 3 is 2.76 bits per heavy atom. The van der Waals surface area contributed by atoms with Gasteiger partial charge in [-0.05, 0) is 12.1 Å². The molecule has 0 spiro atoms. The molecule has 0 fully saturated rings. The topological polar surface area (TPSA) is 54.5 Å². The smallest absolute Gasteiger partial charge is 0.140 e. The minimum Gasteiger partial charge on any atom is -0.345 e. The minimum absolute atomic E-state index is 0. The molecule has 3 aromatic rings. The van der Waals surface area contributed by atoms with Crippen LogP contribution in [0.4, 0.5) is 0 Å². The lowest BCUT2D eigenvalue weighted by atomic mass is 10.1. The molecule has 0 bridgehead atoms. The van der Waals surface area contributed by atoms with Gasteiger partial charge in [-0.3, -0.25) is 0 Å². The number of aromatic amines is 1. The Morgan fingerprint density at radius 1 is 1.12 bits per heavy atom. The second-order valence-corrected chi connectivity index (χ2v) is 3.69.